The van der Waals surface area contributed by atoms with E-state index in [0.29, 0.717) is 16.5 Å². The monoisotopic (exact) mass is 298 g/mol. The van der Waals surface area contributed by atoms with Gasteiger partial charge in [0, 0.05) is 11.6 Å². The first kappa shape index (κ1) is 15.5. The third-order valence-electron chi connectivity index (χ3n) is 4.33. The van der Waals surface area contributed by atoms with Crippen molar-refractivity contribution in [2.24, 2.45) is 11.8 Å². The van der Waals surface area contributed by atoms with E-state index in [-0.39, 0.29) is 5.92 Å². The molecule has 20 heavy (non-hydrogen) atoms. The van der Waals surface area contributed by atoms with Crippen molar-refractivity contribution in [3.63, 3.8) is 0 Å². The number of ether oxygens (including phenoxy) is 2. The maximum absolute atomic E-state index is 10.6. The summed E-state index contributed by atoms with van der Waals surface area (Å²) >= 11 is 6.28. The lowest BCUT2D eigenvalue weighted by Crippen LogP contribution is -2.19. The first-order valence-electron chi connectivity index (χ1n) is 7.16. The molecule has 1 aromatic carbocycles. The molecule has 1 aliphatic carbocycles. The summed E-state index contributed by atoms with van der Waals surface area (Å²) in [4.78, 5) is 0. The zero-order valence-corrected chi connectivity index (χ0v) is 13.1. The second-order valence-electron chi connectivity index (χ2n) is 5.69. The topological polar surface area (TPSA) is 38.7 Å². The van der Waals surface area contributed by atoms with E-state index in [1.54, 1.807) is 26.4 Å². The van der Waals surface area contributed by atoms with Crippen LogP contribution in [-0.4, -0.2) is 19.3 Å². The second-order valence-corrected chi connectivity index (χ2v) is 6.10. The predicted octanol–water partition coefficient (Wildman–Crippen LogP) is 4.22. The van der Waals surface area contributed by atoms with Gasteiger partial charge in [-0.3, -0.25) is 0 Å². The van der Waals surface area contributed by atoms with Crippen LogP contribution in [0.3, 0.4) is 0 Å². The van der Waals surface area contributed by atoms with Crippen LogP contribution in [0, 0.1) is 11.8 Å². The third-order valence-corrected chi connectivity index (χ3v) is 4.66. The van der Waals surface area contributed by atoms with Gasteiger partial charge in [0.15, 0.2) is 11.5 Å². The fraction of sp³-hybridized carbons (Fsp3) is 0.625. The van der Waals surface area contributed by atoms with E-state index < -0.39 is 6.10 Å². The number of halogens is 1. The van der Waals surface area contributed by atoms with Crippen LogP contribution in [-0.2, 0) is 0 Å². The lowest BCUT2D eigenvalue weighted by molar-refractivity contribution is 0.0754. The fourth-order valence-electron chi connectivity index (χ4n) is 2.95. The van der Waals surface area contributed by atoms with E-state index in [9.17, 15) is 5.11 Å². The molecule has 0 aromatic heterocycles. The molecule has 0 aliphatic heterocycles. The van der Waals surface area contributed by atoms with Gasteiger partial charge >= 0.3 is 0 Å². The Kier molecular flexibility index (Phi) is 5.17. The van der Waals surface area contributed by atoms with Gasteiger partial charge in [-0.1, -0.05) is 31.4 Å². The molecular weight excluding hydrogens is 276 g/mol. The number of hydrogen-bond donors (Lipinski definition) is 1. The highest BCUT2D eigenvalue weighted by Crippen LogP contribution is 2.42. The van der Waals surface area contributed by atoms with Gasteiger partial charge in [-0.2, -0.15) is 0 Å². The summed E-state index contributed by atoms with van der Waals surface area (Å²) in [7, 11) is 3.16. The van der Waals surface area contributed by atoms with Gasteiger partial charge in [0.25, 0.3) is 0 Å². The molecule has 0 spiro atoms. The minimum atomic E-state index is -0.533. The van der Waals surface area contributed by atoms with E-state index in [4.69, 9.17) is 21.1 Å². The summed E-state index contributed by atoms with van der Waals surface area (Å²) in [6.07, 6.45) is 3.91. The number of hydrogen-bond acceptors (Lipinski definition) is 3. The molecule has 1 unspecified atom stereocenters. The molecule has 4 heteroatoms. The summed E-state index contributed by atoms with van der Waals surface area (Å²) in [5, 5.41) is 11.2. The Balaban J connectivity index is 2.23. The molecule has 1 saturated carbocycles. The highest BCUT2D eigenvalue weighted by Gasteiger charge is 2.28. The number of methoxy groups -OCH3 is 2. The first-order valence-corrected chi connectivity index (χ1v) is 7.54. The summed E-state index contributed by atoms with van der Waals surface area (Å²) in [6.45, 7) is 2.27. The Morgan fingerprint density at radius 1 is 1.10 bits per heavy atom. The molecule has 112 valence electrons. The maximum atomic E-state index is 10.6. The second kappa shape index (κ2) is 6.68. The van der Waals surface area contributed by atoms with Gasteiger partial charge < -0.3 is 14.6 Å². The molecular formula is C16H23ClO3. The van der Waals surface area contributed by atoms with Crippen LogP contribution in [0.15, 0.2) is 12.1 Å². The van der Waals surface area contributed by atoms with Crippen molar-refractivity contribution < 1.29 is 14.6 Å². The van der Waals surface area contributed by atoms with Crippen molar-refractivity contribution in [2.45, 2.75) is 38.7 Å². The molecule has 2 rings (SSSR count). The molecule has 0 radical (unpaired) electrons. The van der Waals surface area contributed by atoms with E-state index in [2.05, 4.69) is 6.92 Å². The summed E-state index contributed by atoms with van der Waals surface area (Å²) in [6, 6.07) is 3.51. The van der Waals surface area contributed by atoms with Crippen molar-refractivity contribution in [2.75, 3.05) is 14.2 Å². The summed E-state index contributed by atoms with van der Waals surface area (Å²) in [5.74, 6) is 2.24. The normalized spacial score (nSPS) is 24.2. The molecule has 0 bridgehead atoms. The van der Waals surface area contributed by atoms with Gasteiger partial charge in [-0.05, 0) is 30.7 Å². The average Bonchev–Trinajstić information content (AvgIpc) is 2.47. The number of aliphatic hydroxyl groups excluding tert-OH is 1. The van der Waals surface area contributed by atoms with E-state index in [1.807, 2.05) is 0 Å². The summed E-state index contributed by atoms with van der Waals surface area (Å²) < 4.78 is 10.5. The Bertz CT molecular complexity index is 453. The maximum Gasteiger partial charge on any atom is 0.162 e. The molecule has 1 aromatic rings. The lowest BCUT2D eigenvalue weighted by Gasteiger charge is -2.30. The van der Waals surface area contributed by atoms with Gasteiger partial charge in [-0.15, -0.1) is 0 Å². The van der Waals surface area contributed by atoms with Gasteiger partial charge in [-0.25, -0.2) is 0 Å². The van der Waals surface area contributed by atoms with Crippen LogP contribution in [0.2, 0.25) is 5.02 Å². The molecule has 0 heterocycles. The zero-order chi connectivity index (χ0) is 14.7. The lowest BCUT2D eigenvalue weighted by atomic mass is 9.78. The van der Waals surface area contributed by atoms with Crippen molar-refractivity contribution in [3.05, 3.63) is 22.7 Å². The van der Waals surface area contributed by atoms with Gasteiger partial charge in [0.2, 0.25) is 0 Å². The average molecular weight is 299 g/mol. The van der Waals surface area contributed by atoms with Gasteiger partial charge in [0.05, 0.1) is 25.3 Å². The Morgan fingerprint density at radius 2 is 1.65 bits per heavy atom. The molecule has 0 amide bonds. The van der Waals surface area contributed by atoms with E-state index in [1.165, 1.54) is 12.8 Å². The molecule has 0 saturated heterocycles. The molecule has 1 atom stereocenters. The predicted molar refractivity (Wildman–Crippen MR) is 80.6 cm³/mol. The zero-order valence-electron chi connectivity index (χ0n) is 12.4. The van der Waals surface area contributed by atoms with Crippen LogP contribution in [0.25, 0.3) is 0 Å². The highest BCUT2D eigenvalue weighted by molar-refractivity contribution is 6.31. The van der Waals surface area contributed by atoms with Gasteiger partial charge in [0.1, 0.15) is 0 Å². The van der Waals surface area contributed by atoms with Crippen LogP contribution in [0.1, 0.15) is 44.3 Å². The molecule has 1 aliphatic rings. The highest BCUT2D eigenvalue weighted by atomic mass is 35.5. The Hall–Kier alpha value is -0.930. The van der Waals surface area contributed by atoms with Crippen molar-refractivity contribution >= 4 is 11.6 Å². The summed E-state index contributed by atoms with van der Waals surface area (Å²) in [5.41, 5.74) is 0.740. The molecule has 1 fully saturated rings. The Morgan fingerprint density at radius 3 is 2.20 bits per heavy atom. The minimum absolute atomic E-state index is 0.279. The molecule has 3 nitrogen and oxygen atoms in total. The van der Waals surface area contributed by atoms with Crippen LogP contribution >= 0.6 is 11.6 Å². The number of rotatable bonds is 4. The molecule has 1 N–H and O–H groups in total. The first-order chi connectivity index (χ1) is 9.56. The van der Waals surface area contributed by atoms with Crippen LogP contribution < -0.4 is 9.47 Å². The number of aliphatic hydroxyl groups is 1. The van der Waals surface area contributed by atoms with E-state index in [0.717, 1.165) is 24.3 Å². The quantitative estimate of drug-likeness (QED) is 0.904. The standard InChI is InChI=1S/C16H23ClO3/c1-10-4-6-11(7-5-10)16(18)12-8-14(19-2)15(20-3)9-13(12)17/h8-11,16,18H,4-7H2,1-3H3. The smallest absolute Gasteiger partial charge is 0.162 e. The van der Waals surface area contributed by atoms with E-state index >= 15 is 0 Å². The minimum Gasteiger partial charge on any atom is -0.493 e. The fourth-order valence-corrected chi connectivity index (χ4v) is 3.22. The van der Waals surface area contributed by atoms with Crippen LogP contribution in [0.5, 0.6) is 11.5 Å². The van der Waals surface area contributed by atoms with Crippen molar-refractivity contribution in [3.8, 4) is 11.5 Å². The van der Waals surface area contributed by atoms with Crippen molar-refractivity contribution in [1.82, 2.24) is 0 Å². The Labute approximate surface area is 125 Å². The SMILES string of the molecule is COc1cc(Cl)c(C(O)C2CCC(C)CC2)cc1OC. The van der Waals surface area contributed by atoms with Crippen molar-refractivity contribution in [1.29, 1.82) is 0 Å². The number of benzene rings is 1. The third kappa shape index (κ3) is 3.21. The largest absolute Gasteiger partial charge is 0.493 e. The van der Waals surface area contributed by atoms with Crippen LogP contribution in [0.4, 0.5) is 0 Å².